The number of carbonyl (C=O) groups is 1. The maximum Gasteiger partial charge on any atom is 0.269 e. The van der Waals surface area contributed by atoms with Gasteiger partial charge in [0.15, 0.2) is 11.5 Å². The molecule has 4 aromatic carbocycles. The molecule has 12 heteroatoms. The van der Waals surface area contributed by atoms with Crippen molar-refractivity contribution in [1.29, 1.82) is 5.26 Å². The number of nitro groups is 1. The van der Waals surface area contributed by atoms with Crippen LogP contribution in [0.2, 0.25) is 15.1 Å². The van der Waals surface area contributed by atoms with Crippen molar-refractivity contribution < 1.29 is 23.9 Å². The largest absolute Gasteiger partial charge is 0.493 e. The molecule has 1 amide bonds. The summed E-state index contributed by atoms with van der Waals surface area (Å²) in [6, 6.07) is 22.7. The average molecular weight is 639 g/mol. The molecular weight excluding hydrogens is 617 g/mol. The number of nitro benzene ring substituents is 1. The van der Waals surface area contributed by atoms with Gasteiger partial charge < -0.3 is 19.5 Å². The Bertz CT molecular complexity index is 1740. The fourth-order valence-electron chi connectivity index (χ4n) is 3.83. The molecule has 0 fully saturated rings. The smallest absolute Gasteiger partial charge is 0.269 e. The number of ether oxygens (including phenoxy) is 3. The molecule has 0 aromatic heterocycles. The number of rotatable bonds is 11. The number of nitrogens with one attached hydrogen (secondary N) is 1. The van der Waals surface area contributed by atoms with E-state index in [1.54, 1.807) is 60.7 Å². The third-order valence-corrected chi connectivity index (χ3v) is 6.82. The number of amides is 1. The Morgan fingerprint density at radius 2 is 1.74 bits per heavy atom. The molecule has 4 rings (SSSR count). The summed E-state index contributed by atoms with van der Waals surface area (Å²) in [5, 5.41) is 24.6. The fraction of sp³-hybridized carbons (Fsp3) is 0.0968. The highest BCUT2D eigenvalue weighted by molar-refractivity contribution is 6.35. The number of hydrogen-bond acceptors (Lipinski definition) is 7. The lowest BCUT2D eigenvalue weighted by Crippen LogP contribution is -2.13. The van der Waals surface area contributed by atoms with Crippen molar-refractivity contribution in [2.75, 3.05) is 12.4 Å². The van der Waals surface area contributed by atoms with Gasteiger partial charge in [-0.25, -0.2) is 0 Å². The monoisotopic (exact) mass is 637 g/mol. The van der Waals surface area contributed by atoms with Crippen molar-refractivity contribution >= 4 is 58.2 Å². The predicted molar refractivity (Wildman–Crippen MR) is 165 cm³/mol. The minimum Gasteiger partial charge on any atom is -0.493 e. The van der Waals surface area contributed by atoms with E-state index < -0.39 is 10.8 Å². The molecule has 9 nitrogen and oxygen atoms in total. The second kappa shape index (κ2) is 14.4. The molecule has 0 bridgehead atoms. The topological polar surface area (TPSA) is 124 Å². The summed E-state index contributed by atoms with van der Waals surface area (Å²) in [4.78, 5) is 23.4. The first-order chi connectivity index (χ1) is 20.7. The van der Waals surface area contributed by atoms with Gasteiger partial charge in [0, 0.05) is 33.4 Å². The van der Waals surface area contributed by atoms with Crippen molar-refractivity contribution in [3.8, 4) is 23.3 Å². The van der Waals surface area contributed by atoms with Crippen LogP contribution in [0.1, 0.15) is 16.7 Å². The number of carbonyl (C=O) groups excluding carboxylic acids is 1. The van der Waals surface area contributed by atoms with Gasteiger partial charge in [-0.3, -0.25) is 14.9 Å². The minimum absolute atomic E-state index is 0.00248. The van der Waals surface area contributed by atoms with Crippen molar-refractivity contribution in [2.45, 2.75) is 13.2 Å². The zero-order valence-corrected chi connectivity index (χ0v) is 24.7. The summed E-state index contributed by atoms with van der Waals surface area (Å²) in [5.74, 6) is 0.369. The zero-order valence-electron chi connectivity index (χ0n) is 22.5. The number of methoxy groups -OCH3 is 1. The molecule has 4 aromatic rings. The Labute approximate surface area is 261 Å². The summed E-state index contributed by atoms with van der Waals surface area (Å²) in [6.45, 7) is 0.227. The highest BCUT2D eigenvalue weighted by Gasteiger charge is 2.15. The van der Waals surface area contributed by atoms with Crippen LogP contribution in [0.4, 0.5) is 11.4 Å². The Kier molecular flexibility index (Phi) is 10.5. The van der Waals surface area contributed by atoms with E-state index in [-0.39, 0.29) is 41.0 Å². The Balaban J connectivity index is 1.42. The van der Waals surface area contributed by atoms with Gasteiger partial charge in [0.2, 0.25) is 0 Å². The first-order valence-electron chi connectivity index (χ1n) is 12.5. The third-order valence-electron chi connectivity index (χ3n) is 5.95. The number of hydrogen-bond donors (Lipinski definition) is 1. The minimum atomic E-state index is -0.634. The maximum atomic E-state index is 12.9. The van der Waals surface area contributed by atoms with Crippen LogP contribution in [-0.4, -0.2) is 17.9 Å². The number of nitrogens with zero attached hydrogens (tertiary/aromatic N) is 2. The number of non-ortho nitro benzene ring substituents is 1. The lowest BCUT2D eigenvalue weighted by Gasteiger charge is -2.14. The molecule has 0 aliphatic heterocycles. The molecule has 0 saturated heterocycles. The van der Waals surface area contributed by atoms with E-state index in [0.29, 0.717) is 32.6 Å². The summed E-state index contributed by atoms with van der Waals surface area (Å²) in [7, 11) is 1.41. The van der Waals surface area contributed by atoms with E-state index in [9.17, 15) is 20.2 Å². The lowest BCUT2D eigenvalue weighted by molar-refractivity contribution is -0.384. The van der Waals surface area contributed by atoms with Crippen LogP contribution >= 0.6 is 34.8 Å². The first kappa shape index (κ1) is 31.2. The van der Waals surface area contributed by atoms with Gasteiger partial charge in [0.1, 0.15) is 30.6 Å². The van der Waals surface area contributed by atoms with Gasteiger partial charge in [0.05, 0.1) is 17.1 Å². The molecule has 0 heterocycles. The SMILES string of the molecule is COc1cc(/C=C(\C#N)C(=O)Nc2ccc(OCc3ccc(Cl)cc3Cl)cc2)cc(Cl)c1OCc1cccc([N+](=O)[O-])c1. The fourth-order valence-corrected chi connectivity index (χ4v) is 4.56. The van der Waals surface area contributed by atoms with E-state index in [1.807, 2.05) is 6.07 Å². The third kappa shape index (κ3) is 8.40. The van der Waals surface area contributed by atoms with Crippen LogP contribution in [0, 0.1) is 21.4 Å². The average Bonchev–Trinajstić information content (AvgIpc) is 2.99. The Morgan fingerprint density at radius 3 is 2.42 bits per heavy atom. The van der Waals surface area contributed by atoms with E-state index in [0.717, 1.165) is 5.56 Å². The molecule has 0 atom stereocenters. The molecule has 0 saturated carbocycles. The molecule has 0 radical (unpaired) electrons. The standard InChI is InChI=1S/C31H22Cl3N3O6/c1-41-29-14-20(13-28(34)30(29)43-17-19-3-2-4-25(12-19)37(39)40)11-22(16-35)31(38)36-24-7-9-26(10-8-24)42-18-21-5-6-23(32)15-27(21)33/h2-15H,17-18H2,1H3,(H,36,38)/b22-11+. The maximum absolute atomic E-state index is 12.9. The van der Waals surface area contributed by atoms with Gasteiger partial charge >= 0.3 is 0 Å². The molecule has 0 aliphatic rings. The summed E-state index contributed by atoms with van der Waals surface area (Å²) >= 11 is 18.5. The van der Waals surface area contributed by atoms with Crippen molar-refractivity contribution in [3.63, 3.8) is 0 Å². The number of benzene rings is 4. The zero-order chi connectivity index (χ0) is 30.9. The normalized spacial score (nSPS) is 10.9. The van der Waals surface area contributed by atoms with Crippen LogP contribution in [0.3, 0.4) is 0 Å². The second-order valence-corrected chi connectivity index (χ2v) is 10.2. The summed E-state index contributed by atoms with van der Waals surface area (Å²) < 4.78 is 16.9. The second-order valence-electron chi connectivity index (χ2n) is 8.92. The molecule has 218 valence electrons. The Morgan fingerprint density at radius 1 is 0.977 bits per heavy atom. The quantitative estimate of drug-likeness (QED) is 0.0759. The number of halogens is 3. The summed E-state index contributed by atoms with van der Waals surface area (Å²) in [6.07, 6.45) is 1.36. The molecule has 43 heavy (non-hydrogen) atoms. The highest BCUT2D eigenvalue weighted by Crippen LogP contribution is 2.38. The van der Waals surface area contributed by atoms with Crippen LogP contribution in [0.25, 0.3) is 6.08 Å². The van der Waals surface area contributed by atoms with Gasteiger partial charge in [-0.2, -0.15) is 5.26 Å². The summed E-state index contributed by atoms with van der Waals surface area (Å²) in [5.41, 5.74) is 1.95. The van der Waals surface area contributed by atoms with E-state index >= 15 is 0 Å². The molecule has 0 unspecified atom stereocenters. The molecule has 0 aliphatic carbocycles. The van der Waals surface area contributed by atoms with Crippen LogP contribution in [-0.2, 0) is 18.0 Å². The van der Waals surface area contributed by atoms with Crippen LogP contribution in [0.5, 0.6) is 17.2 Å². The molecule has 1 N–H and O–H groups in total. The van der Waals surface area contributed by atoms with E-state index in [1.165, 1.54) is 31.4 Å². The van der Waals surface area contributed by atoms with Crippen LogP contribution in [0.15, 0.2) is 84.4 Å². The van der Waals surface area contributed by atoms with E-state index in [2.05, 4.69) is 5.32 Å². The molecule has 0 spiro atoms. The highest BCUT2D eigenvalue weighted by atomic mass is 35.5. The van der Waals surface area contributed by atoms with Gasteiger partial charge in [-0.05, 0) is 65.7 Å². The van der Waals surface area contributed by atoms with Crippen molar-refractivity contribution in [1.82, 2.24) is 0 Å². The van der Waals surface area contributed by atoms with E-state index in [4.69, 9.17) is 49.0 Å². The van der Waals surface area contributed by atoms with Crippen molar-refractivity contribution in [2.24, 2.45) is 0 Å². The van der Waals surface area contributed by atoms with Gasteiger partial charge in [-0.15, -0.1) is 0 Å². The first-order valence-corrected chi connectivity index (χ1v) is 13.6. The Hall–Kier alpha value is -4.75. The van der Waals surface area contributed by atoms with Crippen LogP contribution < -0.4 is 19.5 Å². The molecular formula is C31H22Cl3N3O6. The predicted octanol–water partition coefficient (Wildman–Crippen LogP) is 8.27. The lowest BCUT2D eigenvalue weighted by atomic mass is 10.1. The van der Waals surface area contributed by atoms with Gasteiger partial charge in [-0.1, -0.05) is 53.0 Å². The number of nitriles is 1. The number of anilines is 1. The van der Waals surface area contributed by atoms with Crippen molar-refractivity contribution in [3.05, 3.63) is 126 Å². The van der Waals surface area contributed by atoms with Gasteiger partial charge in [0.25, 0.3) is 11.6 Å².